The molecule has 2 aromatic carbocycles. The van der Waals surface area contributed by atoms with E-state index in [1.165, 1.54) is 6.26 Å². The molecule has 2 aliphatic rings. The lowest BCUT2D eigenvalue weighted by atomic mass is 10.0. The minimum Gasteiger partial charge on any atom is -0.496 e. The van der Waals surface area contributed by atoms with Crippen LogP contribution in [-0.4, -0.2) is 87.7 Å². The minimum absolute atomic E-state index is 0.0338. The number of piperidine rings is 1. The van der Waals surface area contributed by atoms with E-state index in [9.17, 15) is 13.2 Å². The Morgan fingerprint density at radius 2 is 1.58 bits per heavy atom. The monoisotopic (exact) mass is 471 g/mol. The summed E-state index contributed by atoms with van der Waals surface area (Å²) in [6.45, 7) is 5.76. The highest BCUT2D eigenvalue weighted by atomic mass is 32.2. The third kappa shape index (κ3) is 5.57. The summed E-state index contributed by atoms with van der Waals surface area (Å²) in [5.74, 6) is 0.654. The van der Waals surface area contributed by atoms with Gasteiger partial charge in [0, 0.05) is 45.0 Å². The van der Waals surface area contributed by atoms with Gasteiger partial charge in [-0.2, -0.15) is 0 Å². The van der Waals surface area contributed by atoms with Crippen LogP contribution in [0.3, 0.4) is 0 Å². The number of benzene rings is 2. The van der Waals surface area contributed by atoms with E-state index >= 15 is 0 Å². The van der Waals surface area contributed by atoms with Crippen LogP contribution in [-0.2, 0) is 16.4 Å². The predicted molar refractivity (Wildman–Crippen MR) is 128 cm³/mol. The van der Waals surface area contributed by atoms with Gasteiger partial charge in [-0.15, -0.1) is 0 Å². The first-order chi connectivity index (χ1) is 15.9. The highest BCUT2D eigenvalue weighted by molar-refractivity contribution is 7.90. The molecule has 0 atom stereocenters. The molecule has 178 valence electrons. The van der Waals surface area contributed by atoms with E-state index in [-0.39, 0.29) is 5.91 Å². The maximum atomic E-state index is 13.0. The fourth-order valence-electron chi connectivity index (χ4n) is 4.96. The first-order valence-corrected chi connectivity index (χ1v) is 13.4. The maximum Gasteiger partial charge on any atom is 0.257 e. The third-order valence-electron chi connectivity index (χ3n) is 6.78. The van der Waals surface area contributed by atoms with Crippen molar-refractivity contribution in [2.75, 3.05) is 52.6 Å². The van der Waals surface area contributed by atoms with E-state index in [4.69, 9.17) is 4.74 Å². The zero-order valence-corrected chi connectivity index (χ0v) is 20.3. The Bertz CT molecular complexity index is 1070. The zero-order chi connectivity index (χ0) is 23.4. The highest BCUT2D eigenvalue weighted by Crippen LogP contribution is 2.24. The summed E-state index contributed by atoms with van der Waals surface area (Å²) in [6, 6.07) is 15.2. The van der Waals surface area contributed by atoms with Crippen LogP contribution in [0.1, 0.15) is 28.8 Å². The lowest BCUT2D eigenvalue weighted by Crippen LogP contribution is -2.54. The zero-order valence-electron chi connectivity index (χ0n) is 19.4. The molecule has 0 spiro atoms. The van der Waals surface area contributed by atoms with Crippen molar-refractivity contribution < 1.29 is 17.9 Å². The molecule has 0 aliphatic carbocycles. The van der Waals surface area contributed by atoms with Crippen LogP contribution >= 0.6 is 0 Å². The summed E-state index contributed by atoms with van der Waals surface area (Å²) < 4.78 is 29.5. The Balaban J connectivity index is 1.28. The Hall–Kier alpha value is -2.42. The van der Waals surface area contributed by atoms with Gasteiger partial charge in [0.2, 0.25) is 0 Å². The number of piperazine rings is 1. The molecule has 8 heteroatoms. The van der Waals surface area contributed by atoms with E-state index in [1.807, 2.05) is 41.3 Å². The Kier molecular flexibility index (Phi) is 7.36. The lowest BCUT2D eigenvalue weighted by Gasteiger charge is -2.43. The molecule has 2 aliphatic heterocycles. The number of carbonyl (C=O) groups is 1. The van der Waals surface area contributed by atoms with Crippen LogP contribution in [0.25, 0.3) is 0 Å². The number of rotatable bonds is 6. The van der Waals surface area contributed by atoms with Crippen molar-refractivity contribution in [3.05, 3.63) is 59.7 Å². The summed E-state index contributed by atoms with van der Waals surface area (Å²) in [5, 5.41) is 0. The molecule has 0 radical (unpaired) electrons. The molecular formula is C25H33N3O4S. The van der Waals surface area contributed by atoms with E-state index in [0.29, 0.717) is 28.8 Å². The predicted octanol–water partition coefficient (Wildman–Crippen LogP) is 2.52. The summed E-state index contributed by atoms with van der Waals surface area (Å²) >= 11 is 0. The van der Waals surface area contributed by atoms with Crippen LogP contribution < -0.4 is 4.74 Å². The Labute approximate surface area is 196 Å². The Morgan fingerprint density at radius 3 is 2.24 bits per heavy atom. The number of likely N-dealkylation sites (tertiary alicyclic amines) is 1. The normalized spacial score (nSPS) is 18.9. The molecule has 33 heavy (non-hydrogen) atoms. The second-order valence-corrected chi connectivity index (χ2v) is 10.9. The van der Waals surface area contributed by atoms with Gasteiger partial charge >= 0.3 is 0 Å². The van der Waals surface area contributed by atoms with Crippen molar-refractivity contribution in [3.63, 3.8) is 0 Å². The molecule has 0 N–H and O–H groups in total. The van der Waals surface area contributed by atoms with Gasteiger partial charge in [0.25, 0.3) is 5.91 Å². The van der Waals surface area contributed by atoms with Gasteiger partial charge in [-0.3, -0.25) is 14.6 Å². The molecule has 4 rings (SSSR count). The number of para-hydroxylation sites is 1. The van der Waals surface area contributed by atoms with Crippen molar-refractivity contribution in [1.29, 1.82) is 0 Å². The number of methoxy groups -OCH3 is 1. The number of hydrogen-bond donors (Lipinski definition) is 0. The van der Waals surface area contributed by atoms with Gasteiger partial charge in [0.05, 0.1) is 17.6 Å². The third-order valence-corrected chi connectivity index (χ3v) is 7.98. The number of carbonyl (C=O) groups excluding carboxylic acids is 1. The average molecular weight is 472 g/mol. The summed E-state index contributed by atoms with van der Waals surface area (Å²) in [7, 11) is -1.63. The van der Waals surface area contributed by atoms with Gasteiger partial charge in [-0.05, 0) is 49.7 Å². The minimum atomic E-state index is -3.22. The van der Waals surface area contributed by atoms with Crippen molar-refractivity contribution in [1.82, 2.24) is 14.7 Å². The lowest BCUT2D eigenvalue weighted by molar-refractivity contribution is 0.0442. The quantitative estimate of drug-likeness (QED) is 0.645. The summed E-state index contributed by atoms with van der Waals surface area (Å²) in [4.78, 5) is 20.2. The summed E-state index contributed by atoms with van der Waals surface area (Å²) in [5.41, 5.74) is 1.50. The standard InChI is InChI=1S/C25H33N3O4S/c1-32-23-9-5-4-8-22(23)25(29)28-17-15-27(16-18-28)21-11-13-26(14-12-21)19-20-7-3-6-10-24(20)33(2,30)31/h3-10,21H,11-19H2,1-2H3. The molecule has 0 aromatic heterocycles. The van der Waals surface area contributed by atoms with Crippen molar-refractivity contribution in [2.45, 2.75) is 30.3 Å². The van der Waals surface area contributed by atoms with Gasteiger partial charge < -0.3 is 9.64 Å². The van der Waals surface area contributed by atoms with E-state index in [2.05, 4.69) is 9.80 Å². The second kappa shape index (κ2) is 10.2. The molecular weight excluding hydrogens is 438 g/mol. The van der Waals surface area contributed by atoms with Gasteiger partial charge in [-0.25, -0.2) is 8.42 Å². The fraction of sp³-hybridized carbons (Fsp3) is 0.480. The second-order valence-electron chi connectivity index (χ2n) is 8.92. The van der Waals surface area contributed by atoms with Gasteiger partial charge in [0.15, 0.2) is 9.84 Å². The molecule has 1 amide bonds. The van der Waals surface area contributed by atoms with Crippen molar-refractivity contribution in [3.8, 4) is 5.75 Å². The highest BCUT2D eigenvalue weighted by Gasteiger charge is 2.30. The average Bonchev–Trinajstić information content (AvgIpc) is 2.84. The Morgan fingerprint density at radius 1 is 0.939 bits per heavy atom. The first-order valence-electron chi connectivity index (χ1n) is 11.5. The molecule has 2 saturated heterocycles. The number of amides is 1. The molecule has 0 bridgehead atoms. The topological polar surface area (TPSA) is 70.2 Å². The molecule has 0 saturated carbocycles. The number of ether oxygens (including phenoxy) is 1. The van der Waals surface area contributed by atoms with Crippen molar-refractivity contribution in [2.24, 2.45) is 0 Å². The van der Waals surface area contributed by atoms with Crippen LogP contribution in [0.5, 0.6) is 5.75 Å². The van der Waals surface area contributed by atoms with Crippen LogP contribution in [0.4, 0.5) is 0 Å². The number of sulfone groups is 1. The van der Waals surface area contributed by atoms with Crippen LogP contribution in [0, 0.1) is 0 Å². The van der Waals surface area contributed by atoms with Crippen LogP contribution in [0.15, 0.2) is 53.4 Å². The molecule has 2 aromatic rings. The maximum absolute atomic E-state index is 13.0. The van der Waals surface area contributed by atoms with Gasteiger partial charge in [-0.1, -0.05) is 30.3 Å². The molecule has 2 fully saturated rings. The molecule has 7 nitrogen and oxygen atoms in total. The molecule has 0 unspecified atom stereocenters. The van der Waals surface area contributed by atoms with Crippen LogP contribution in [0.2, 0.25) is 0 Å². The number of hydrogen-bond acceptors (Lipinski definition) is 6. The summed E-state index contributed by atoms with van der Waals surface area (Å²) in [6.07, 6.45) is 3.39. The van der Waals surface area contributed by atoms with Gasteiger partial charge in [0.1, 0.15) is 5.75 Å². The van der Waals surface area contributed by atoms with E-state index < -0.39 is 9.84 Å². The first kappa shape index (κ1) is 23.7. The van der Waals surface area contributed by atoms with Crippen molar-refractivity contribution >= 4 is 15.7 Å². The van der Waals surface area contributed by atoms with E-state index in [1.54, 1.807) is 19.2 Å². The SMILES string of the molecule is COc1ccccc1C(=O)N1CCN(C2CCN(Cc3ccccc3S(C)(=O)=O)CC2)CC1. The van der Waals surface area contributed by atoms with E-state index in [0.717, 1.165) is 57.7 Å². The smallest absolute Gasteiger partial charge is 0.257 e. The fourth-order valence-corrected chi connectivity index (χ4v) is 5.90. The largest absolute Gasteiger partial charge is 0.496 e. The molecule has 2 heterocycles. The number of nitrogens with zero attached hydrogens (tertiary/aromatic N) is 3.